The second-order valence-electron chi connectivity index (χ2n) is 7.00. The fourth-order valence-corrected chi connectivity index (χ4v) is 3.40. The highest BCUT2D eigenvalue weighted by molar-refractivity contribution is 7.39. The Kier molecular flexibility index (Phi) is 17.5. The van der Waals surface area contributed by atoms with E-state index in [2.05, 4.69) is 11.4 Å². The Bertz CT molecular complexity index is 450. The van der Waals surface area contributed by atoms with Gasteiger partial charge in [-0.2, -0.15) is 0 Å². The van der Waals surface area contributed by atoms with E-state index < -0.39 is 25.9 Å². The lowest BCUT2D eigenvalue weighted by molar-refractivity contribution is -0.168. The van der Waals surface area contributed by atoms with Crippen molar-refractivity contribution in [1.29, 1.82) is 0 Å². The zero-order valence-electron chi connectivity index (χ0n) is 17.5. The molecule has 166 valence electrons. The number of hydrogen-bond acceptors (Lipinski definition) is 7. The van der Waals surface area contributed by atoms with Crippen molar-refractivity contribution in [2.24, 2.45) is 5.73 Å². The van der Waals surface area contributed by atoms with Gasteiger partial charge in [-0.3, -0.25) is 19.4 Å². The van der Waals surface area contributed by atoms with Crippen LogP contribution in [0.1, 0.15) is 77.6 Å². The lowest BCUT2D eigenvalue weighted by Gasteiger charge is -2.18. The summed E-state index contributed by atoms with van der Waals surface area (Å²) in [6.45, 7) is 2.36. The van der Waals surface area contributed by atoms with Crippen LogP contribution in [0.5, 0.6) is 0 Å². The van der Waals surface area contributed by atoms with Crippen molar-refractivity contribution >= 4 is 19.9 Å². The number of hydroxylamine groups is 2. The van der Waals surface area contributed by atoms with Crippen LogP contribution in [0, 0.1) is 0 Å². The molecular formula is C19H39N2O6P. The Morgan fingerprint density at radius 1 is 1.04 bits per heavy atom. The van der Waals surface area contributed by atoms with E-state index in [1.807, 2.05) is 0 Å². The maximum absolute atomic E-state index is 11.8. The molecule has 0 spiro atoms. The molecule has 9 heteroatoms. The summed E-state index contributed by atoms with van der Waals surface area (Å²) in [5.74, 6) is -1.26. The van der Waals surface area contributed by atoms with Crippen LogP contribution in [-0.4, -0.2) is 54.6 Å². The van der Waals surface area contributed by atoms with Gasteiger partial charge >= 0.3 is 5.97 Å². The van der Waals surface area contributed by atoms with E-state index in [1.165, 1.54) is 52.1 Å². The van der Waals surface area contributed by atoms with E-state index in [9.17, 15) is 19.4 Å². The quantitative estimate of drug-likeness (QED) is 0.114. The van der Waals surface area contributed by atoms with E-state index in [0.29, 0.717) is 11.7 Å². The third-order valence-electron chi connectivity index (χ3n) is 4.47. The standard InChI is InChI=1S/C19H39N2O6P/c1-3-4-5-6-7-8-9-10-11-12-15-27-18(22)13-14-21(24)19(23)17(20)16-28(25)26-2/h17,24,28H,3-16,20H2,1-2H3/t17-/m1/s1. The molecular weight excluding hydrogens is 383 g/mol. The average molecular weight is 423 g/mol. The molecule has 2 atom stereocenters. The van der Waals surface area contributed by atoms with Crippen LogP contribution in [0.25, 0.3) is 0 Å². The number of hydrogen-bond donors (Lipinski definition) is 2. The van der Waals surface area contributed by atoms with Crippen molar-refractivity contribution in [3.8, 4) is 0 Å². The summed E-state index contributed by atoms with van der Waals surface area (Å²) < 4.78 is 21.0. The van der Waals surface area contributed by atoms with Gasteiger partial charge in [0.05, 0.1) is 25.6 Å². The van der Waals surface area contributed by atoms with Crippen LogP contribution >= 0.6 is 8.03 Å². The molecule has 1 unspecified atom stereocenters. The third-order valence-corrected chi connectivity index (χ3v) is 5.70. The zero-order valence-corrected chi connectivity index (χ0v) is 18.5. The summed E-state index contributed by atoms with van der Waals surface area (Å²) in [6.07, 6.45) is 11.8. The van der Waals surface area contributed by atoms with Gasteiger partial charge in [0.1, 0.15) is 0 Å². The second-order valence-corrected chi connectivity index (χ2v) is 8.56. The first kappa shape index (κ1) is 27.0. The highest BCUT2D eigenvalue weighted by Gasteiger charge is 2.22. The average Bonchev–Trinajstić information content (AvgIpc) is 2.69. The fraction of sp³-hybridized carbons (Fsp3) is 0.895. The number of carbonyl (C=O) groups excluding carboxylic acids is 2. The van der Waals surface area contributed by atoms with Gasteiger partial charge in [-0.05, 0) is 6.42 Å². The predicted molar refractivity (Wildman–Crippen MR) is 110 cm³/mol. The highest BCUT2D eigenvalue weighted by Crippen LogP contribution is 2.20. The molecule has 0 fully saturated rings. The van der Waals surface area contributed by atoms with Crippen LogP contribution in [0.4, 0.5) is 0 Å². The number of unbranched alkanes of at least 4 members (excludes halogenated alkanes) is 9. The highest BCUT2D eigenvalue weighted by atomic mass is 31.1. The Hall–Kier alpha value is -0.950. The van der Waals surface area contributed by atoms with Crippen LogP contribution in [0.2, 0.25) is 0 Å². The minimum absolute atomic E-state index is 0.119. The second kappa shape index (κ2) is 18.1. The number of carbonyl (C=O) groups is 2. The van der Waals surface area contributed by atoms with E-state index >= 15 is 0 Å². The molecule has 0 saturated heterocycles. The van der Waals surface area contributed by atoms with E-state index in [-0.39, 0.29) is 19.1 Å². The van der Waals surface area contributed by atoms with E-state index in [1.54, 1.807) is 0 Å². The third kappa shape index (κ3) is 15.0. The Morgan fingerprint density at radius 3 is 2.11 bits per heavy atom. The van der Waals surface area contributed by atoms with Crippen LogP contribution in [0.3, 0.4) is 0 Å². The number of nitrogens with zero attached hydrogens (tertiary/aromatic N) is 1. The summed E-state index contributed by atoms with van der Waals surface area (Å²) in [5.41, 5.74) is 5.56. The van der Waals surface area contributed by atoms with E-state index in [0.717, 1.165) is 19.3 Å². The molecule has 28 heavy (non-hydrogen) atoms. The maximum atomic E-state index is 11.8. The van der Waals surface area contributed by atoms with Gasteiger partial charge in [0, 0.05) is 13.3 Å². The van der Waals surface area contributed by atoms with Gasteiger partial charge in [0.15, 0.2) is 8.03 Å². The molecule has 0 aliphatic rings. The number of nitrogens with two attached hydrogens (primary N) is 1. The molecule has 0 aliphatic carbocycles. The van der Waals surface area contributed by atoms with Gasteiger partial charge in [-0.25, -0.2) is 5.06 Å². The van der Waals surface area contributed by atoms with Crippen molar-refractivity contribution in [3.63, 3.8) is 0 Å². The lowest BCUT2D eigenvalue weighted by Crippen LogP contribution is -2.44. The molecule has 0 aromatic carbocycles. The van der Waals surface area contributed by atoms with Crippen LogP contribution in [0.15, 0.2) is 0 Å². The molecule has 3 N–H and O–H groups in total. The van der Waals surface area contributed by atoms with Crippen LogP contribution in [-0.2, 0) is 23.4 Å². The van der Waals surface area contributed by atoms with Gasteiger partial charge in [-0.15, -0.1) is 0 Å². The first-order valence-corrected chi connectivity index (χ1v) is 11.9. The lowest BCUT2D eigenvalue weighted by atomic mass is 10.1. The summed E-state index contributed by atoms with van der Waals surface area (Å²) in [5, 5.41) is 10.0. The van der Waals surface area contributed by atoms with Gasteiger partial charge in [-0.1, -0.05) is 64.7 Å². The van der Waals surface area contributed by atoms with Crippen molar-refractivity contribution in [2.45, 2.75) is 83.6 Å². The Balaban J connectivity index is 3.63. The molecule has 0 aromatic heterocycles. The first-order chi connectivity index (χ1) is 13.4. The fourth-order valence-electron chi connectivity index (χ4n) is 2.70. The minimum atomic E-state index is -2.39. The first-order valence-electron chi connectivity index (χ1n) is 10.4. The Morgan fingerprint density at radius 2 is 1.57 bits per heavy atom. The van der Waals surface area contributed by atoms with Crippen molar-refractivity contribution in [2.75, 3.05) is 26.4 Å². The molecule has 0 saturated carbocycles. The van der Waals surface area contributed by atoms with Crippen LogP contribution < -0.4 is 5.73 Å². The molecule has 8 nitrogen and oxygen atoms in total. The molecule has 0 rings (SSSR count). The normalized spacial score (nSPS) is 13.1. The summed E-state index contributed by atoms with van der Waals surface area (Å²) in [7, 11) is -1.13. The number of esters is 1. The molecule has 0 radical (unpaired) electrons. The SMILES string of the molecule is CCCCCCCCCCCCOC(=O)CCN(O)C(=O)[C@H](N)C[PH](=O)OC. The predicted octanol–water partition coefficient (Wildman–Crippen LogP) is 3.51. The summed E-state index contributed by atoms with van der Waals surface area (Å²) in [6, 6.07) is -1.13. The van der Waals surface area contributed by atoms with Gasteiger partial charge in [0.2, 0.25) is 0 Å². The molecule has 1 amide bonds. The largest absolute Gasteiger partial charge is 0.466 e. The topological polar surface area (TPSA) is 119 Å². The number of ether oxygens (including phenoxy) is 1. The van der Waals surface area contributed by atoms with Crippen molar-refractivity contribution in [1.82, 2.24) is 5.06 Å². The molecule has 0 aromatic rings. The maximum Gasteiger partial charge on any atom is 0.307 e. The minimum Gasteiger partial charge on any atom is -0.466 e. The van der Waals surface area contributed by atoms with E-state index in [4.69, 9.17) is 10.5 Å². The van der Waals surface area contributed by atoms with Gasteiger partial charge < -0.3 is 15.0 Å². The summed E-state index contributed by atoms with van der Waals surface area (Å²) >= 11 is 0. The smallest absolute Gasteiger partial charge is 0.307 e. The molecule has 0 aliphatic heterocycles. The summed E-state index contributed by atoms with van der Waals surface area (Å²) in [4.78, 5) is 23.4. The number of amides is 1. The van der Waals surface area contributed by atoms with Crippen molar-refractivity contribution in [3.05, 3.63) is 0 Å². The Labute approximate surface area is 169 Å². The zero-order chi connectivity index (χ0) is 21.2. The van der Waals surface area contributed by atoms with Crippen molar-refractivity contribution < 1.29 is 28.6 Å². The molecule has 0 bridgehead atoms. The van der Waals surface area contributed by atoms with Gasteiger partial charge in [0.25, 0.3) is 5.91 Å². The molecule has 0 heterocycles. The number of rotatable bonds is 18. The monoisotopic (exact) mass is 422 g/mol.